The number of amides is 1. The van der Waals surface area contributed by atoms with Crippen LogP contribution in [-0.2, 0) is 11.3 Å². The van der Waals surface area contributed by atoms with Gasteiger partial charge in [0.05, 0.1) is 18.8 Å². The standard InChI is InChI=1S/C19H24N2O2/c1-4-23-18-8-6-5-7-17(18)20-19(22)14-21(3)13-16-11-9-15(2)10-12-16/h5-12H,4,13-14H2,1-3H3,(H,20,22). The summed E-state index contributed by atoms with van der Waals surface area (Å²) in [5.41, 5.74) is 3.14. The molecule has 0 radical (unpaired) electrons. The molecule has 2 aromatic carbocycles. The number of ether oxygens (including phenoxy) is 1. The van der Waals surface area contributed by atoms with Gasteiger partial charge in [-0.3, -0.25) is 9.69 Å². The van der Waals surface area contributed by atoms with Crippen LogP contribution < -0.4 is 10.1 Å². The normalized spacial score (nSPS) is 10.6. The van der Waals surface area contributed by atoms with E-state index in [0.717, 1.165) is 6.54 Å². The van der Waals surface area contributed by atoms with E-state index in [4.69, 9.17) is 4.74 Å². The first-order chi connectivity index (χ1) is 11.1. The number of para-hydroxylation sites is 2. The van der Waals surface area contributed by atoms with Crippen LogP contribution in [0.25, 0.3) is 0 Å². The molecule has 0 unspecified atom stereocenters. The molecule has 0 fully saturated rings. The molecule has 0 aliphatic heterocycles. The van der Waals surface area contributed by atoms with Crippen LogP contribution in [0.3, 0.4) is 0 Å². The summed E-state index contributed by atoms with van der Waals surface area (Å²) in [7, 11) is 1.94. The van der Waals surface area contributed by atoms with Crippen molar-refractivity contribution in [3.05, 3.63) is 59.7 Å². The first-order valence-corrected chi connectivity index (χ1v) is 7.84. The van der Waals surface area contributed by atoms with Gasteiger partial charge in [-0.05, 0) is 38.6 Å². The van der Waals surface area contributed by atoms with Crippen molar-refractivity contribution in [1.82, 2.24) is 4.90 Å². The van der Waals surface area contributed by atoms with E-state index in [0.29, 0.717) is 24.6 Å². The van der Waals surface area contributed by atoms with Crippen LogP contribution in [0, 0.1) is 6.92 Å². The molecule has 0 atom stereocenters. The lowest BCUT2D eigenvalue weighted by Gasteiger charge is -2.17. The second-order valence-corrected chi connectivity index (χ2v) is 5.64. The number of nitrogens with zero attached hydrogens (tertiary/aromatic N) is 1. The first kappa shape index (κ1) is 17.0. The second kappa shape index (κ2) is 8.34. The van der Waals surface area contributed by atoms with Crippen molar-refractivity contribution >= 4 is 11.6 Å². The molecule has 2 aromatic rings. The van der Waals surface area contributed by atoms with Gasteiger partial charge >= 0.3 is 0 Å². The third-order valence-corrected chi connectivity index (χ3v) is 3.45. The molecule has 0 aromatic heterocycles. The van der Waals surface area contributed by atoms with Crippen LogP contribution in [0.4, 0.5) is 5.69 Å². The zero-order valence-electron chi connectivity index (χ0n) is 14.0. The van der Waals surface area contributed by atoms with Gasteiger partial charge < -0.3 is 10.1 Å². The van der Waals surface area contributed by atoms with Crippen molar-refractivity contribution in [2.75, 3.05) is 25.5 Å². The highest BCUT2D eigenvalue weighted by atomic mass is 16.5. The maximum absolute atomic E-state index is 12.2. The summed E-state index contributed by atoms with van der Waals surface area (Å²) in [4.78, 5) is 14.2. The Kier molecular flexibility index (Phi) is 6.18. The third-order valence-electron chi connectivity index (χ3n) is 3.45. The average Bonchev–Trinajstić information content (AvgIpc) is 2.51. The summed E-state index contributed by atoms with van der Waals surface area (Å²) >= 11 is 0. The van der Waals surface area contributed by atoms with E-state index in [-0.39, 0.29) is 5.91 Å². The fraction of sp³-hybridized carbons (Fsp3) is 0.316. The minimum Gasteiger partial charge on any atom is -0.492 e. The van der Waals surface area contributed by atoms with Crippen molar-refractivity contribution in [2.45, 2.75) is 20.4 Å². The van der Waals surface area contributed by atoms with Gasteiger partial charge in [0.25, 0.3) is 0 Å². The van der Waals surface area contributed by atoms with E-state index in [1.54, 1.807) is 0 Å². The van der Waals surface area contributed by atoms with E-state index < -0.39 is 0 Å². The SMILES string of the molecule is CCOc1ccccc1NC(=O)CN(C)Cc1ccc(C)cc1. The summed E-state index contributed by atoms with van der Waals surface area (Å²) in [5.74, 6) is 0.649. The Morgan fingerprint density at radius 3 is 2.52 bits per heavy atom. The monoisotopic (exact) mass is 312 g/mol. The zero-order chi connectivity index (χ0) is 16.7. The molecule has 122 valence electrons. The van der Waals surface area contributed by atoms with E-state index in [1.807, 2.05) is 43.1 Å². The molecule has 0 heterocycles. The molecule has 4 heteroatoms. The third kappa shape index (κ3) is 5.42. The highest BCUT2D eigenvalue weighted by molar-refractivity contribution is 5.93. The highest BCUT2D eigenvalue weighted by Crippen LogP contribution is 2.23. The Labute approximate surface area is 138 Å². The van der Waals surface area contributed by atoms with Gasteiger partial charge in [0.15, 0.2) is 0 Å². The Morgan fingerprint density at radius 2 is 1.83 bits per heavy atom. The Bertz CT molecular complexity index is 638. The van der Waals surface area contributed by atoms with Crippen LogP contribution in [0.15, 0.2) is 48.5 Å². The van der Waals surface area contributed by atoms with Crippen LogP contribution in [0.2, 0.25) is 0 Å². The van der Waals surface area contributed by atoms with Gasteiger partial charge in [-0.25, -0.2) is 0 Å². The van der Waals surface area contributed by atoms with Gasteiger partial charge in [0.2, 0.25) is 5.91 Å². The summed E-state index contributed by atoms with van der Waals surface area (Å²) < 4.78 is 5.52. The Hall–Kier alpha value is -2.33. The molecule has 23 heavy (non-hydrogen) atoms. The van der Waals surface area contributed by atoms with Crippen molar-refractivity contribution in [2.24, 2.45) is 0 Å². The summed E-state index contributed by atoms with van der Waals surface area (Å²) in [6.07, 6.45) is 0. The first-order valence-electron chi connectivity index (χ1n) is 7.84. The predicted molar refractivity (Wildman–Crippen MR) is 93.8 cm³/mol. The minimum absolute atomic E-state index is 0.0493. The predicted octanol–water partition coefficient (Wildman–Crippen LogP) is 3.46. The number of hydrogen-bond donors (Lipinski definition) is 1. The lowest BCUT2D eigenvalue weighted by molar-refractivity contribution is -0.117. The molecular weight excluding hydrogens is 288 g/mol. The molecule has 0 saturated carbocycles. The molecular formula is C19H24N2O2. The number of benzene rings is 2. The fourth-order valence-electron chi connectivity index (χ4n) is 2.35. The maximum atomic E-state index is 12.2. The molecule has 0 saturated heterocycles. The van der Waals surface area contributed by atoms with Gasteiger partial charge in [-0.15, -0.1) is 0 Å². The number of carbonyl (C=O) groups is 1. The van der Waals surface area contributed by atoms with E-state index in [1.165, 1.54) is 11.1 Å². The van der Waals surface area contributed by atoms with Crippen LogP contribution in [-0.4, -0.2) is 31.0 Å². The van der Waals surface area contributed by atoms with E-state index in [2.05, 4.69) is 36.5 Å². The number of carbonyl (C=O) groups excluding carboxylic acids is 1. The van der Waals surface area contributed by atoms with Crippen LogP contribution in [0.5, 0.6) is 5.75 Å². The molecule has 1 amide bonds. The topological polar surface area (TPSA) is 41.6 Å². The van der Waals surface area contributed by atoms with Crippen molar-refractivity contribution < 1.29 is 9.53 Å². The zero-order valence-corrected chi connectivity index (χ0v) is 14.0. The van der Waals surface area contributed by atoms with Gasteiger partial charge in [0, 0.05) is 6.54 Å². The van der Waals surface area contributed by atoms with Gasteiger partial charge in [0.1, 0.15) is 5.75 Å². The lowest BCUT2D eigenvalue weighted by Crippen LogP contribution is -2.30. The number of nitrogens with one attached hydrogen (secondary N) is 1. The second-order valence-electron chi connectivity index (χ2n) is 5.64. The smallest absolute Gasteiger partial charge is 0.238 e. The summed E-state index contributed by atoms with van der Waals surface area (Å²) in [6.45, 7) is 5.63. The summed E-state index contributed by atoms with van der Waals surface area (Å²) in [5, 5.41) is 2.92. The average molecular weight is 312 g/mol. The van der Waals surface area contributed by atoms with E-state index in [9.17, 15) is 4.79 Å². The molecule has 4 nitrogen and oxygen atoms in total. The van der Waals surface area contributed by atoms with Gasteiger partial charge in [-0.1, -0.05) is 42.0 Å². The number of aryl methyl sites for hydroxylation is 1. The quantitative estimate of drug-likeness (QED) is 0.851. The fourth-order valence-corrected chi connectivity index (χ4v) is 2.35. The maximum Gasteiger partial charge on any atom is 0.238 e. The van der Waals surface area contributed by atoms with Gasteiger partial charge in [-0.2, -0.15) is 0 Å². The number of anilines is 1. The van der Waals surface area contributed by atoms with Crippen LogP contribution >= 0.6 is 0 Å². The highest BCUT2D eigenvalue weighted by Gasteiger charge is 2.10. The summed E-state index contributed by atoms with van der Waals surface area (Å²) in [6, 6.07) is 15.8. The van der Waals surface area contributed by atoms with Crippen LogP contribution in [0.1, 0.15) is 18.1 Å². The number of hydrogen-bond acceptors (Lipinski definition) is 3. The molecule has 0 spiro atoms. The number of rotatable bonds is 7. The molecule has 2 rings (SSSR count). The molecule has 0 aliphatic rings. The lowest BCUT2D eigenvalue weighted by atomic mass is 10.1. The molecule has 0 aliphatic carbocycles. The molecule has 0 bridgehead atoms. The molecule has 1 N–H and O–H groups in total. The van der Waals surface area contributed by atoms with Crippen molar-refractivity contribution in [3.8, 4) is 5.75 Å². The Balaban J connectivity index is 1.90. The number of likely N-dealkylation sites (N-methyl/N-ethyl adjacent to an activating group) is 1. The largest absolute Gasteiger partial charge is 0.492 e. The van der Waals surface area contributed by atoms with Crippen molar-refractivity contribution in [1.29, 1.82) is 0 Å². The Morgan fingerprint density at radius 1 is 1.13 bits per heavy atom. The van der Waals surface area contributed by atoms with E-state index >= 15 is 0 Å². The van der Waals surface area contributed by atoms with Crippen molar-refractivity contribution in [3.63, 3.8) is 0 Å². The minimum atomic E-state index is -0.0493.